The number of halogens is 1. The molecule has 0 saturated carbocycles. The van der Waals surface area contributed by atoms with Gasteiger partial charge in [-0.25, -0.2) is 5.43 Å². The third-order valence-corrected chi connectivity index (χ3v) is 4.61. The van der Waals surface area contributed by atoms with Crippen LogP contribution in [0, 0.1) is 6.92 Å². The standard InChI is InChI=1S/C15H14ClN3S/c1-9-2-3-10(6-12(9)16)15(19-17)11-7-14-13(18-8-11)4-5-20-14/h2-8,15,19H,17H2,1H3. The summed E-state index contributed by atoms with van der Waals surface area (Å²) in [6.07, 6.45) is 1.85. The summed E-state index contributed by atoms with van der Waals surface area (Å²) >= 11 is 7.87. The van der Waals surface area contributed by atoms with Gasteiger partial charge in [-0.2, -0.15) is 0 Å². The number of hydrogen-bond acceptors (Lipinski definition) is 4. The maximum Gasteiger partial charge on any atom is 0.0809 e. The van der Waals surface area contributed by atoms with Crippen molar-refractivity contribution < 1.29 is 0 Å². The molecule has 20 heavy (non-hydrogen) atoms. The van der Waals surface area contributed by atoms with Crippen molar-refractivity contribution in [3.05, 3.63) is 63.6 Å². The van der Waals surface area contributed by atoms with Gasteiger partial charge in [0.25, 0.3) is 0 Å². The summed E-state index contributed by atoms with van der Waals surface area (Å²) in [4.78, 5) is 4.46. The van der Waals surface area contributed by atoms with E-state index in [1.54, 1.807) is 11.3 Å². The van der Waals surface area contributed by atoms with Crippen molar-refractivity contribution in [1.82, 2.24) is 10.4 Å². The molecule has 1 unspecified atom stereocenters. The van der Waals surface area contributed by atoms with Gasteiger partial charge in [-0.05, 0) is 47.2 Å². The number of nitrogens with one attached hydrogen (secondary N) is 1. The van der Waals surface area contributed by atoms with Crippen LogP contribution >= 0.6 is 22.9 Å². The number of nitrogens with two attached hydrogens (primary N) is 1. The van der Waals surface area contributed by atoms with Gasteiger partial charge >= 0.3 is 0 Å². The molecule has 3 rings (SSSR count). The number of aromatic nitrogens is 1. The van der Waals surface area contributed by atoms with Crippen molar-refractivity contribution >= 4 is 33.2 Å². The molecular weight excluding hydrogens is 290 g/mol. The van der Waals surface area contributed by atoms with E-state index in [2.05, 4.69) is 16.5 Å². The van der Waals surface area contributed by atoms with Crippen LogP contribution in [0.1, 0.15) is 22.7 Å². The lowest BCUT2D eigenvalue weighted by Crippen LogP contribution is -2.28. The third-order valence-electron chi connectivity index (χ3n) is 3.35. The molecule has 5 heteroatoms. The zero-order valence-electron chi connectivity index (χ0n) is 10.9. The van der Waals surface area contributed by atoms with E-state index in [4.69, 9.17) is 17.4 Å². The third kappa shape index (κ3) is 2.43. The summed E-state index contributed by atoms with van der Waals surface area (Å²) in [5, 5.41) is 2.78. The molecule has 0 fully saturated rings. The topological polar surface area (TPSA) is 50.9 Å². The highest BCUT2D eigenvalue weighted by molar-refractivity contribution is 7.17. The Bertz CT molecular complexity index is 754. The van der Waals surface area contributed by atoms with Crippen LogP contribution in [0.25, 0.3) is 10.2 Å². The van der Waals surface area contributed by atoms with E-state index in [1.165, 1.54) is 0 Å². The van der Waals surface area contributed by atoms with Gasteiger partial charge < -0.3 is 0 Å². The number of pyridine rings is 1. The number of rotatable bonds is 3. The van der Waals surface area contributed by atoms with Gasteiger partial charge in [0.2, 0.25) is 0 Å². The van der Waals surface area contributed by atoms with Crippen molar-refractivity contribution in [3.8, 4) is 0 Å². The first-order valence-corrected chi connectivity index (χ1v) is 7.50. The van der Waals surface area contributed by atoms with Crippen LogP contribution in [0.2, 0.25) is 5.02 Å². The zero-order valence-corrected chi connectivity index (χ0v) is 12.5. The number of thiophene rings is 1. The molecule has 0 aliphatic rings. The number of hydrazine groups is 1. The van der Waals surface area contributed by atoms with E-state index in [0.717, 1.165) is 31.9 Å². The monoisotopic (exact) mass is 303 g/mol. The molecule has 0 radical (unpaired) electrons. The normalized spacial score (nSPS) is 12.8. The van der Waals surface area contributed by atoms with Gasteiger partial charge in [0, 0.05) is 11.2 Å². The second kappa shape index (κ2) is 5.50. The van der Waals surface area contributed by atoms with E-state index in [1.807, 2.05) is 42.8 Å². The van der Waals surface area contributed by atoms with Crippen molar-refractivity contribution in [3.63, 3.8) is 0 Å². The first kappa shape index (κ1) is 13.5. The Balaban J connectivity index is 2.05. The fraction of sp³-hybridized carbons (Fsp3) is 0.133. The van der Waals surface area contributed by atoms with Crippen LogP contribution in [0.3, 0.4) is 0 Å². The van der Waals surface area contributed by atoms with Crippen molar-refractivity contribution in [1.29, 1.82) is 0 Å². The van der Waals surface area contributed by atoms with Gasteiger partial charge in [0.15, 0.2) is 0 Å². The molecule has 0 saturated heterocycles. The van der Waals surface area contributed by atoms with Crippen LogP contribution in [-0.2, 0) is 0 Å². The number of nitrogens with zero attached hydrogens (tertiary/aromatic N) is 1. The molecule has 0 aliphatic carbocycles. The molecule has 0 bridgehead atoms. The molecule has 1 atom stereocenters. The zero-order chi connectivity index (χ0) is 14.1. The molecule has 3 aromatic rings. The van der Waals surface area contributed by atoms with Gasteiger partial charge in [0.1, 0.15) is 0 Å². The Morgan fingerprint density at radius 1 is 1.25 bits per heavy atom. The summed E-state index contributed by atoms with van der Waals surface area (Å²) in [5.74, 6) is 5.73. The molecule has 0 aliphatic heterocycles. The largest absolute Gasteiger partial charge is 0.271 e. The number of fused-ring (bicyclic) bond motifs is 1. The van der Waals surface area contributed by atoms with E-state index in [9.17, 15) is 0 Å². The van der Waals surface area contributed by atoms with Crippen LogP contribution in [0.15, 0.2) is 41.9 Å². The molecular formula is C15H14ClN3S. The summed E-state index contributed by atoms with van der Waals surface area (Å²) in [5.41, 5.74) is 6.97. The van der Waals surface area contributed by atoms with E-state index in [0.29, 0.717) is 0 Å². The minimum atomic E-state index is -0.118. The molecule has 0 spiro atoms. The average Bonchev–Trinajstić information content (AvgIpc) is 2.91. The summed E-state index contributed by atoms with van der Waals surface area (Å²) in [7, 11) is 0. The van der Waals surface area contributed by atoms with E-state index in [-0.39, 0.29) is 6.04 Å². The Morgan fingerprint density at radius 3 is 2.85 bits per heavy atom. The summed E-state index contributed by atoms with van der Waals surface area (Å²) in [6.45, 7) is 1.98. The Kier molecular flexibility index (Phi) is 3.72. The number of benzene rings is 1. The predicted octanol–water partition coefficient (Wildman–Crippen LogP) is 3.81. The van der Waals surface area contributed by atoms with Gasteiger partial charge in [-0.1, -0.05) is 23.7 Å². The highest BCUT2D eigenvalue weighted by atomic mass is 35.5. The van der Waals surface area contributed by atoms with Crippen LogP contribution in [0.5, 0.6) is 0 Å². The van der Waals surface area contributed by atoms with Crippen molar-refractivity contribution in [2.75, 3.05) is 0 Å². The fourth-order valence-corrected chi connectivity index (χ4v) is 3.17. The maximum atomic E-state index is 6.20. The first-order valence-electron chi connectivity index (χ1n) is 6.24. The molecule has 2 aromatic heterocycles. The smallest absolute Gasteiger partial charge is 0.0809 e. The fourth-order valence-electron chi connectivity index (χ4n) is 2.19. The number of aryl methyl sites for hydroxylation is 1. The first-order chi connectivity index (χ1) is 9.69. The minimum absolute atomic E-state index is 0.118. The summed E-state index contributed by atoms with van der Waals surface area (Å²) in [6, 6.07) is 9.98. The average molecular weight is 304 g/mol. The lowest BCUT2D eigenvalue weighted by Gasteiger charge is -2.17. The Morgan fingerprint density at radius 2 is 2.10 bits per heavy atom. The second-order valence-corrected chi connectivity index (χ2v) is 6.04. The molecule has 3 nitrogen and oxygen atoms in total. The molecule has 0 amide bonds. The minimum Gasteiger partial charge on any atom is -0.271 e. The predicted molar refractivity (Wildman–Crippen MR) is 85.0 cm³/mol. The van der Waals surface area contributed by atoms with Crippen LogP contribution in [0.4, 0.5) is 0 Å². The molecule has 3 N–H and O–H groups in total. The highest BCUT2D eigenvalue weighted by Crippen LogP contribution is 2.28. The van der Waals surface area contributed by atoms with Crippen molar-refractivity contribution in [2.45, 2.75) is 13.0 Å². The Labute approximate surface area is 126 Å². The highest BCUT2D eigenvalue weighted by Gasteiger charge is 2.14. The number of hydrogen-bond donors (Lipinski definition) is 2. The summed E-state index contributed by atoms with van der Waals surface area (Å²) < 4.78 is 1.15. The molecule has 1 aromatic carbocycles. The van der Waals surface area contributed by atoms with Crippen LogP contribution in [-0.4, -0.2) is 4.98 Å². The van der Waals surface area contributed by atoms with Gasteiger partial charge in [0.05, 0.1) is 16.3 Å². The quantitative estimate of drug-likeness (QED) is 0.571. The molecule has 102 valence electrons. The van der Waals surface area contributed by atoms with E-state index < -0.39 is 0 Å². The Hall–Kier alpha value is -1.46. The maximum absolute atomic E-state index is 6.20. The van der Waals surface area contributed by atoms with E-state index >= 15 is 0 Å². The van der Waals surface area contributed by atoms with Crippen molar-refractivity contribution in [2.24, 2.45) is 5.84 Å². The lowest BCUT2D eigenvalue weighted by atomic mass is 9.99. The van der Waals surface area contributed by atoms with Gasteiger partial charge in [-0.3, -0.25) is 10.8 Å². The van der Waals surface area contributed by atoms with Crippen LogP contribution < -0.4 is 11.3 Å². The second-order valence-electron chi connectivity index (χ2n) is 4.68. The lowest BCUT2D eigenvalue weighted by molar-refractivity contribution is 0.636. The SMILES string of the molecule is Cc1ccc(C(NN)c2cnc3ccsc3c2)cc1Cl. The molecule has 2 heterocycles. The van der Waals surface area contributed by atoms with Gasteiger partial charge in [-0.15, -0.1) is 11.3 Å².